The molecule has 18 heavy (non-hydrogen) atoms. The fourth-order valence-electron chi connectivity index (χ4n) is 1.58. The molecule has 0 heterocycles. The minimum absolute atomic E-state index is 0.126. The molecule has 0 spiro atoms. The zero-order valence-electron chi connectivity index (χ0n) is 10.5. The first kappa shape index (κ1) is 14.6. The van der Waals surface area contributed by atoms with Gasteiger partial charge in [-0.05, 0) is 40.5 Å². The molecular weight excluding hydrogens is 298 g/mol. The smallest absolute Gasteiger partial charge is 0.141 e. The predicted octanol–water partition coefficient (Wildman–Crippen LogP) is 2.78. The van der Waals surface area contributed by atoms with E-state index in [0.717, 1.165) is 22.3 Å². The van der Waals surface area contributed by atoms with Crippen LogP contribution in [-0.4, -0.2) is 24.2 Å². The van der Waals surface area contributed by atoms with Gasteiger partial charge in [0.05, 0.1) is 11.6 Å². The number of nitrogens with two attached hydrogens (primary N) is 1. The Morgan fingerprint density at radius 3 is 2.83 bits per heavy atom. The first-order valence-corrected chi connectivity index (χ1v) is 6.46. The highest BCUT2D eigenvalue weighted by atomic mass is 79.9. The van der Waals surface area contributed by atoms with Crippen LogP contribution in [0.4, 0.5) is 5.69 Å². The molecule has 0 bridgehead atoms. The molecule has 0 aliphatic carbocycles. The lowest BCUT2D eigenvalue weighted by molar-refractivity contribution is 0.316. The fraction of sp³-hybridized carbons (Fsp3) is 0.417. The molecule has 5 nitrogen and oxygen atoms in total. The number of benzene rings is 1. The molecular formula is C12H18BrN3O2. The van der Waals surface area contributed by atoms with Crippen molar-refractivity contribution in [3.05, 3.63) is 22.7 Å². The van der Waals surface area contributed by atoms with E-state index in [2.05, 4.69) is 26.4 Å². The van der Waals surface area contributed by atoms with Gasteiger partial charge in [0, 0.05) is 18.2 Å². The molecule has 0 aromatic heterocycles. The van der Waals surface area contributed by atoms with Crippen LogP contribution >= 0.6 is 15.9 Å². The van der Waals surface area contributed by atoms with Crippen LogP contribution < -0.4 is 15.8 Å². The highest BCUT2D eigenvalue weighted by molar-refractivity contribution is 9.10. The summed E-state index contributed by atoms with van der Waals surface area (Å²) in [7, 11) is 1.63. The van der Waals surface area contributed by atoms with Gasteiger partial charge in [0.1, 0.15) is 11.6 Å². The highest BCUT2D eigenvalue weighted by Gasteiger charge is 2.10. The van der Waals surface area contributed by atoms with Crippen molar-refractivity contribution in [2.24, 2.45) is 10.9 Å². The Morgan fingerprint density at radius 1 is 1.61 bits per heavy atom. The predicted molar refractivity (Wildman–Crippen MR) is 76.4 cm³/mol. The van der Waals surface area contributed by atoms with E-state index in [1.165, 1.54) is 0 Å². The Labute approximate surface area is 115 Å². The van der Waals surface area contributed by atoms with Gasteiger partial charge >= 0.3 is 0 Å². The average molecular weight is 316 g/mol. The summed E-state index contributed by atoms with van der Waals surface area (Å²) in [5, 5.41) is 14.9. The zero-order valence-corrected chi connectivity index (χ0v) is 12.1. The van der Waals surface area contributed by atoms with Crippen LogP contribution in [0.1, 0.15) is 19.8 Å². The summed E-state index contributed by atoms with van der Waals surface area (Å²) in [6.07, 6.45) is 1.37. The maximum Gasteiger partial charge on any atom is 0.141 e. The average Bonchev–Trinajstić information content (AvgIpc) is 2.38. The molecule has 1 aromatic rings. The number of nitrogens with zero attached hydrogens (tertiary/aromatic N) is 1. The highest BCUT2D eigenvalue weighted by Crippen LogP contribution is 2.28. The number of anilines is 1. The number of oxime groups is 1. The molecule has 6 heteroatoms. The van der Waals surface area contributed by atoms with Gasteiger partial charge in [-0.3, -0.25) is 0 Å². The maximum atomic E-state index is 8.57. The van der Waals surface area contributed by atoms with E-state index in [9.17, 15) is 0 Å². The molecule has 1 aromatic carbocycles. The van der Waals surface area contributed by atoms with Crippen LogP contribution in [-0.2, 0) is 0 Å². The Hall–Kier alpha value is -1.43. The van der Waals surface area contributed by atoms with Crippen LogP contribution in [0.5, 0.6) is 5.75 Å². The van der Waals surface area contributed by atoms with Gasteiger partial charge in [0.15, 0.2) is 0 Å². The number of hydrogen-bond acceptors (Lipinski definition) is 4. The topological polar surface area (TPSA) is 79.9 Å². The number of ether oxygens (including phenoxy) is 1. The molecule has 0 aliphatic heterocycles. The molecule has 0 fully saturated rings. The summed E-state index contributed by atoms with van der Waals surface area (Å²) in [6.45, 7) is 2.04. The van der Waals surface area contributed by atoms with Crippen LogP contribution in [0.15, 0.2) is 27.8 Å². The second-order valence-corrected chi connectivity index (χ2v) is 4.75. The van der Waals surface area contributed by atoms with Gasteiger partial charge < -0.3 is 21.0 Å². The standard InChI is InChI=1S/C12H18BrN3O2/c1-3-8(7-12(14)16-17)15-9-4-5-11(18-2)10(13)6-9/h4-6,8,15,17H,3,7H2,1-2H3,(H2,14,16). The van der Waals surface area contributed by atoms with E-state index >= 15 is 0 Å². The summed E-state index contributed by atoms with van der Waals surface area (Å²) in [6, 6.07) is 5.87. The number of amidine groups is 1. The molecule has 0 aliphatic rings. The Bertz CT molecular complexity index is 424. The van der Waals surface area contributed by atoms with Gasteiger partial charge in [0.25, 0.3) is 0 Å². The third-order valence-corrected chi connectivity index (χ3v) is 3.22. The lowest BCUT2D eigenvalue weighted by atomic mass is 10.1. The summed E-state index contributed by atoms with van der Waals surface area (Å²) in [4.78, 5) is 0. The van der Waals surface area contributed by atoms with Gasteiger partial charge in [-0.15, -0.1) is 0 Å². The van der Waals surface area contributed by atoms with Crippen LogP contribution in [0, 0.1) is 0 Å². The fourth-order valence-corrected chi connectivity index (χ4v) is 2.12. The number of methoxy groups -OCH3 is 1. The SMILES string of the molecule is CCC(CC(N)=NO)Nc1ccc(OC)c(Br)c1. The Kier molecular flexibility index (Phi) is 5.77. The third-order valence-electron chi connectivity index (χ3n) is 2.60. The van der Waals surface area contributed by atoms with E-state index in [1.807, 2.05) is 25.1 Å². The van der Waals surface area contributed by atoms with Crippen molar-refractivity contribution < 1.29 is 9.94 Å². The van der Waals surface area contributed by atoms with E-state index in [4.69, 9.17) is 15.7 Å². The summed E-state index contributed by atoms with van der Waals surface area (Å²) in [5.41, 5.74) is 6.47. The molecule has 100 valence electrons. The number of hydrogen-bond donors (Lipinski definition) is 3. The number of nitrogens with one attached hydrogen (secondary N) is 1. The third kappa shape index (κ3) is 4.10. The van der Waals surface area contributed by atoms with E-state index in [0.29, 0.717) is 6.42 Å². The normalized spacial score (nSPS) is 13.2. The van der Waals surface area contributed by atoms with Gasteiger partial charge in [0.2, 0.25) is 0 Å². The van der Waals surface area contributed by atoms with Crippen LogP contribution in [0.25, 0.3) is 0 Å². The molecule has 1 atom stereocenters. The van der Waals surface area contributed by atoms with Crippen molar-refractivity contribution in [1.82, 2.24) is 0 Å². The molecule has 0 amide bonds. The van der Waals surface area contributed by atoms with Crippen LogP contribution in [0.3, 0.4) is 0 Å². The summed E-state index contributed by atoms with van der Waals surface area (Å²) < 4.78 is 6.05. The summed E-state index contributed by atoms with van der Waals surface area (Å²) >= 11 is 3.43. The molecule has 0 radical (unpaired) electrons. The van der Waals surface area contributed by atoms with Gasteiger partial charge in [-0.2, -0.15) is 0 Å². The van der Waals surface area contributed by atoms with Crippen molar-refractivity contribution in [3.8, 4) is 5.75 Å². The second kappa shape index (κ2) is 7.10. The van der Waals surface area contributed by atoms with E-state index in [1.54, 1.807) is 7.11 Å². The van der Waals surface area contributed by atoms with Crippen molar-refractivity contribution >= 4 is 27.5 Å². The largest absolute Gasteiger partial charge is 0.496 e. The minimum Gasteiger partial charge on any atom is -0.496 e. The zero-order chi connectivity index (χ0) is 13.5. The Balaban J connectivity index is 2.73. The van der Waals surface area contributed by atoms with E-state index in [-0.39, 0.29) is 11.9 Å². The van der Waals surface area contributed by atoms with Crippen LogP contribution in [0.2, 0.25) is 0 Å². The quantitative estimate of drug-likeness (QED) is 0.326. The first-order chi connectivity index (χ1) is 8.60. The van der Waals surface area contributed by atoms with E-state index < -0.39 is 0 Å². The van der Waals surface area contributed by atoms with Crippen molar-refractivity contribution in [2.75, 3.05) is 12.4 Å². The van der Waals surface area contributed by atoms with Gasteiger partial charge in [-0.1, -0.05) is 12.1 Å². The molecule has 1 unspecified atom stereocenters. The monoisotopic (exact) mass is 315 g/mol. The maximum absolute atomic E-state index is 8.57. The summed E-state index contributed by atoms with van der Waals surface area (Å²) in [5.74, 6) is 1.01. The molecule has 0 saturated carbocycles. The van der Waals surface area contributed by atoms with Crippen molar-refractivity contribution in [1.29, 1.82) is 0 Å². The van der Waals surface area contributed by atoms with Gasteiger partial charge in [-0.25, -0.2) is 0 Å². The minimum atomic E-state index is 0.126. The lowest BCUT2D eigenvalue weighted by Crippen LogP contribution is -2.26. The lowest BCUT2D eigenvalue weighted by Gasteiger charge is -2.18. The van der Waals surface area contributed by atoms with Crippen molar-refractivity contribution in [2.45, 2.75) is 25.8 Å². The first-order valence-electron chi connectivity index (χ1n) is 5.67. The number of rotatable bonds is 6. The van der Waals surface area contributed by atoms with Crippen molar-refractivity contribution in [3.63, 3.8) is 0 Å². The second-order valence-electron chi connectivity index (χ2n) is 3.89. The molecule has 1 rings (SSSR count). The molecule has 4 N–H and O–H groups in total. The number of halogens is 1. The molecule has 0 saturated heterocycles. The Morgan fingerprint density at radius 2 is 2.33 bits per heavy atom.